The average molecular weight is 313 g/mol. The molecule has 0 radical (unpaired) electrons. The minimum Gasteiger partial charge on any atom is -0.258 e. The second kappa shape index (κ2) is 6.07. The molecule has 0 bridgehead atoms. The molecule has 7 heteroatoms. The number of hydrogen-bond donors (Lipinski definition) is 0. The number of H-pyrrole nitrogens is 1. The first kappa shape index (κ1) is 14.6. The summed E-state index contributed by atoms with van der Waals surface area (Å²) in [6.45, 7) is 0.404. The van der Waals surface area contributed by atoms with Crippen LogP contribution in [-0.2, 0) is 6.54 Å². The number of rotatable bonds is 4. The van der Waals surface area contributed by atoms with Gasteiger partial charge in [0.05, 0.1) is 28.2 Å². The zero-order valence-corrected chi connectivity index (χ0v) is 12.1. The predicted octanol–water partition coefficient (Wildman–Crippen LogP) is 3.35. The Morgan fingerprint density at radius 1 is 1.30 bits per heavy atom. The highest BCUT2D eigenvalue weighted by Gasteiger charge is 2.25. The van der Waals surface area contributed by atoms with Gasteiger partial charge >= 0.3 is 11.5 Å². The monoisotopic (exact) mass is 312 g/mol. The summed E-state index contributed by atoms with van der Waals surface area (Å²) in [5.41, 5.74) is 0.807. The SMILES string of the molecule is CN(Cc1cccc(Cl)c1Cl)c1[nH+]cccc1[N+](=O)[O-]. The van der Waals surface area contributed by atoms with Crippen LogP contribution in [0.5, 0.6) is 0 Å². The Balaban J connectivity index is 2.31. The Morgan fingerprint density at radius 3 is 2.75 bits per heavy atom. The second-order valence-corrected chi connectivity index (χ2v) is 5.02. The van der Waals surface area contributed by atoms with Crippen LogP contribution in [0.25, 0.3) is 0 Å². The highest BCUT2D eigenvalue weighted by atomic mass is 35.5. The first-order chi connectivity index (χ1) is 9.50. The van der Waals surface area contributed by atoms with Crippen molar-refractivity contribution >= 4 is 34.7 Å². The summed E-state index contributed by atoms with van der Waals surface area (Å²) < 4.78 is 0. The van der Waals surface area contributed by atoms with Gasteiger partial charge in [0.25, 0.3) is 0 Å². The van der Waals surface area contributed by atoms with E-state index >= 15 is 0 Å². The summed E-state index contributed by atoms with van der Waals surface area (Å²) in [4.78, 5) is 15.2. The molecular weight excluding hydrogens is 301 g/mol. The van der Waals surface area contributed by atoms with E-state index in [0.717, 1.165) is 5.56 Å². The minimum absolute atomic E-state index is 0.00755. The van der Waals surface area contributed by atoms with Crippen LogP contribution < -0.4 is 9.88 Å². The standard InChI is InChI=1S/C13H11Cl2N3O2/c1-17(8-9-4-2-5-10(14)12(9)15)13-11(18(19)20)6-3-7-16-13/h2-7H,8H2,1H3/p+1. The highest BCUT2D eigenvalue weighted by Crippen LogP contribution is 2.28. The van der Waals surface area contributed by atoms with Gasteiger partial charge in [-0.1, -0.05) is 35.3 Å². The number of nitrogens with one attached hydrogen (secondary N) is 1. The third-order valence-corrected chi connectivity index (χ3v) is 3.69. The van der Waals surface area contributed by atoms with Crippen molar-refractivity contribution in [1.29, 1.82) is 0 Å². The minimum atomic E-state index is -0.429. The molecule has 0 saturated carbocycles. The van der Waals surface area contributed by atoms with E-state index in [-0.39, 0.29) is 5.69 Å². The van der Waals surface area contributed by atoms with Crippen molar-refractivity contribution < 1.29 is 9.91 Å². The van der Waals surface area contributed by atoms with Crippen molar-refractivity contribution in [2.24, 2.45) is 0 Å². The summed E-state index contributed by atoms with van der Waals surface area (Å²) >= 11 is 12.1. The fourth-order valence-corrected chi connectivity index (χ4v) is 2.26. The van der Waals surface area contributed by atoms with E-state index in [1.807, 2.05) is 6.07 Å². The Morgan fingerprint density at radius 2 is 2.05 bits per heavy atom. The summed E-state index contributed by atoms with van der Waals surface area (Å²) in [5, 5.41) is 11.9. The Kier molecular flexibility index (Phi) is 4.42. The van der Waals surface area contributed by atoms with Gasteiger partial charge in [-0.05, 0) is 12.1 Å². The van der Waals surface area contributed by atoms with Gasteiger partial charge in [0, 0.05) is 11.6 Å². The van der Waals surface area contributed by atoms with E-state index < -0.39 is 4.92 Å². The van der Waals surface area contributed by atoms with E-state index in [9.17, 15) is 10.1 Å². The molecule has 104 valence electrons. The van der Waals surface area contributed by atoms with Gasteiger partial charge < -0.3 is 0 Å². The van der Waals surface area contributed by atoms with Crippen LogP contribution in [-0.4, -0.2) is 12.0 Å². The molecule has 0 atom stereocenters. The molecule has 0 unspecified atom stereocenters. The number of hydrogen-bond acceptors (Lipinski definition) is 3. The molecule has 2 aromatic rings. The van der Waals surface area contributed by atoms with Gasteiger partial charge in [-0.15, -0.1) is 0 Å². The Labute approximate surface area is 125 Å². The van der Waals surface area contributed by atoms with Crippen molar-refractivity contribution in [3.8, 4) is 0 Å². The summed E-state index contributed by atoms with van der Waals surface area (Å²) in [6, 6.07) is 8.36. The lowest BCUT2D eigenvalue weighted by atomic mass is 10.2. The molecule has 1 aromatic heterocycles. The smallest absolute Gasteiger partial charge is 0.258 e. The van der Waals surface area contributed by atoms with Gasteiger partial charge in [0.2, 0.25) is 0 Å². The van der Waals surface area contributed by atoms with Crippen molar-refractivity contribution in [1.82, 2.24) is 0 Å². The highest BCUT2D eigenvalue weighted by molar-refractivity contribution is 6.42. The predicted molar refractivity (Wildman–Crippen MR) is 78.2 cm³/mol. The first-order valence-corrected chi connectivity index (χ1v) is 6.55. The molecular formula is C13H12Cl2N3O2+. The van der Waals surface area contributed by atoms with Crippen LogP contribution in [0.1, 0.15) is 5.56 Å². The van der Waals surface area contributed by atoms with Gasteiger partial charge in [0.15, 0.2) is 0 Å². The van der Waals surface area contributed by atoms with Crippen molar-refractivity contribution in [3.63, 3.8) is 0 Å². The number of anilines is 1. The summed E-state index contributed by atoms with van der Waals surface area (Å²) in [6.07, 6.45) is 1.64. The molecule has 1 aromatic carbocycles. The van der Waals surface area contributed by atoms with Crippen LogP contribution in [0.3, 0.4) is 0 Å². The molecule has 0 fully saturated rings. The molecule has 0 spiro atoms. The third-order valence-electron chi connectivity index (χ3n) is 2.83. The van der Waals surface area contributed by atoms with E-state index in [1.54, 1.807) is 36.3 Å². The Hall–Kier alpha value is -1.85. The van der Waals surface area contributed by atoms with Gasteiger partial charge in [-0.2, -0.15) is 0 Å². The van der Waals surface area contributed by atoms with E-state index in [2.05, 4.69) is 4.98 Å². The Bertz CT molecular complexity index is 649. The third kappa shape index (κ3) is 3.00. The van der Waals surface area contributed by atoms with Crippen LogP contribution in [0.4, 0.5) is 11.5 Å². The summed E-state index contributed by atoms with van der Waals surface area (Å²) in [5.74, 6) is 0.411. The molecule has 1 heterocycles. The van der Waals surface area contributed by atoms with Crippen molar-refractivity contribution in [2.75, 3.05) is 11.9 Å². The lowest BCUT2D eigenvalue weighted by Crippen LogP contribution is -2.25. The number of halogens is 2. The zero-order chi connectivity index (χ0) is 14.7. The normalized spacial score (nSPS) is 10.3. The quantitative estimate of drug-likeness (QED) is 0.642. The van der Waals surface area contributed by atoms with Crippen LogP contribution in [0, 0.1) is 10.1 Å². The van der Waals surface area contributed by atoms with Crippen LogP contribution in [0.2, 0.25) is 10.0 Å². The van der Waals surface area contributed by atoms with E-state index in [4.69, 9.17) is 23.2 Å². The molecule has 0 aliphatic heterocycles. The fourth-order valence-electron chi connectivity index (χ4n) is 1.88. The maximum atomic E-state index is 11.0. The number of benzene rings is 1. The van der Waals surface area contributed by atoms with Gasteiger partial charge in [-0.25, -0.2) is 4.98 Å². The van der Waals surface area contributed by atoms with Gasteiger partial charge in [-0.3, -0.25) is 15.0 Å². The first-order valence-electron chi connectivity index (χ1n) is 5.80. The molecule has 2 rings (SSSR count). The lowest BCUT2D eigenvalue weighted by molar-refractivity contribution is -0.411. The largest absolute Gasteiger partial charge is 0.357 e. The van der Waals surface area contributed by atoms with Crippen molar-refractivity contribution in [2.45, 2.75) is 6.54 Å². The maximum absolute atomic E-state index is 11.0. The topological polar surface area (TPSA) is 60.5 Å². The second-order valence-electron chi connectivity index (χ2n) is 4.23. The fraction of sp³-hybridized carbons (Fsp3) is 0.154. The molecule has 1 N–H and O–H groups in total. The summed E-state index contributed by atoms with van der Waals surface area (Å²) in [7, 11) is 1.75. The number of nitrogens with zero attached hydrogens (tertiary/aromatic N) is 2. The zero-order valence-electron chi connectivity index (χ0n) is 10.6. The number of aromatic amines is 1. The number of nitro groups is 1. The molecule has 0 amide bonds. The molecule has 5 nitrogen and oxygen atoms in total. The van der Waals surface area contributed by atoms with E-state index in [1.165, 1.54) is 6.07 Å². The van der Waals surface area contributed by atoms with E-state index in [0.29, 0.717) is 22.4 Å². The number of pyridine rings is 1. The lowest BCUT2D eigenvalue weighted by Gasteiger charge is -2.12. The number of aromatic nitrogens is 1. The van der Waals surface area contributed by atoms with Crippen LogP contribution in [0.15, 0.2) is 36.5 Å². The molecule has 0 aliphatic carbocycles. The molecule has 0 saturated heterocycles. The maximum Gasteiger partial charge on any atom is 0.357 e. The molecule has 0 aliphatic rings. The van der Waals surface area contributed by atoms with Crippen molar-refractivity contribution in [3.05, 3.63) is 62.3 Å². The molecule has 20 heavy (non-hydrogen) atoms. The average Bonchev–Trinajstić information content (AvgIpc) is 2.43. The van der Waals surface area contributed by atoms with Crippen LogP contribution >= 0.6 is 23.2 Å². The van der Waals surface area contributed by atoms with Gasteiger partial charge in [0.1, 0.15) is 6.54 Å².